The lowest BCUT2D eigenvalue weighted by molar-refractivity contribution is 0.660. The number of hydrogen-bond acceptors (Lipinski definition) is 3. The summed E-state index contributed by atoms with van der Waals surface area (Å²) < 4.78 is 12.7. The average molecular weight is 848 g/mol. The molecule has 9 aromatic carbocycles. The van der Waals surface area contributed by atoms with Gasteiger partial charge in [0.1, 0.15) is 22.3 Å². The van der Waals surface area contributed by atoms with Crippen molar-refractivity contribution in [2.45, 2.75) is 19.3 Å². The Morgan fingerprint density at radius 3 is 1.35 bits per heavy atom. The summed E-state index contributed by atoms with van der Waals surface area (Å²) in [7, 11) is 0. The molecule has 3 heteroatoms. The molecular formula is C63H45NO2. The molecule has 0 fully saturated rings. The summed E-state index contributed by atoms with van der Waals surface area (Å²) >= 11 is 0. The monoisotopic (exact) mass is 847 g/mol. The number of fused-ring (bicyclic) bond motifs is 9. The van der Waals surface area contributed by atoms with Crippen LogP contribution in [0.5, 0.6) is 0 Å². The minimum atomic E-state index is -0.197. The lowest BCUT2D eigenvalue weighted by atomic mass is 9.81. The van der Waals surface area contributed by atoms with Crippen LogP contribution in [-0.2, 0) is 5.41 Å². The van der Waals surface area contributed by atoms with Gasteiger partial charge < -0.3 is 13.7 Å². The van der Waals surface area contributed by atoms with Gasteiger partial charge in [0.25, 0.3) is 0 Å². The van der Waals surface area contributed by atoms with Crippen LogP contribution in [0.4, 0.5) is 17.1 Å². The molecule has 2 aromatic heterocycles. The van der Waals surface area contributed by atoms with Crippen LogP contribution in [0.15, 0.2) is 209 Å². The van der Waals surface area contributed by atoms with Crippen LogP contribution >= 0.6 is 0 Å². The van der Waals surface area contributed by atoms with E-state index in [1.54, 1.807) is 0 Å². The topological polar surface area (TPSA) is 29.5 Å². The Labute approximate surface area is 384 Å². The highest BCUT2D eigenvalue weighted by atomic mass is 16.3. The first kappa shape index (κ1) is 39.2. The maximum atomic E-state index is 6.33. The van der Waals surface area contributed by atoms with Gasteiger partial charge in [-0.15, -0.1) is 0 Å². The second-order valence-corrected chi connectivity index (χ2v) is 17.7. The third-order valence-corrected chi connectivity index (χ3v) is 13.3. The zero-order valence-electron chi connectivity index (χ0n) is 36.8. The third kappa shape index (κ3) is 6.93. The van der Waals surface area contributed by atoms with Gasteiger partial charge in [-0.05, 0) is 93.0 Å². The first-order valence-electron chi connectivity index (χ1n) is 22.6. The van der Waals surface area contributed by atoms with Crippen molar-refractivity contribution in [3.05, 3.63) is 245 Å². The number of hydrogen-bond donors (Lipinski definition) is 0. The van der Waals surface area contributed by atoms with Gasteiger partial charge in [0.05, 0.1) is 0 Å². The van der Waals surface area contributed by atoms with Crippen LogP contribution in [0.1, 0.15) is 58.4 Å². The van der Waals surface area contributed by atoms with Gasteiger partial charge in [0, 0.05) is 55.1 Å². The smallest absolute Gasteiger partial charge is 0.142 e. The van der Waals surface area contributed by atoms with Gasteiger partial charge in [-0.2, -0.15) is 0 Å². The second-order valence-electron chi connectivity index (χ2n) is 17.7. The molecule has 1 aliphatic carbocycles. The SMILES string of the molecule is CC1(C)c2cc(/C=C/c3ccccc3)ccc2-c2ccc(N(c3ccc(/C=C/c4cccc5c4oc4ccccc45)cc3)c3ccc(/C=C/c4cccc5c4oc4ccccc45)cc3)cc21. The lowest BCUT2D eigenvalue weighted by Crippen LogP contribution is -2.16. The normalized spacial score (nSPS) is 13.2. The van der Waals surface area contributed by atoms with E-state index >= 15 is 0 Å². The quantitative estimate of drug-likeness (QED) is 0.136. The molecular weight excluding hydrogens is 803 g/mol. The zero-order chi connectivity index (χ0) is 44.2. The molecule has 0 amide bonds. The Hall–Kier alpha value is -8.40. The average Bonchev–Trinajstić information content (AvgIpc) is 4.01. The zero-order valence-corrected chi connectivity index (χ0v) is 36.8. The molecule has 12 rings (SSSR count). The van der Waals surface area contributed by atoms with Crippen molar-refractivity contribution in [3.8, 4) is 11.1 Å². The van der Waals surface area contributed by atoms with Crippen LogP contribution in [0.25, 0.3) is 91.5 Å². The molecule has 2 heterocycles. The molecule has 0 bridgehead atoms. The van der Waals surface area contributed by atoms with Gasteiger partial charge >= 0.3 is 0 Å². The van der Waals surface area contributed by atoms with Crippen molar-refractivity contribution in [1.82, 2.24) is 0 Å². The highest BCUT2D eigenvalue weighted by Gasteiger charge is 2.36. The molecule has 0 N–H and O–H groups in total. The molecule has 0 spiro atoms. The molecule has 0 unspecified atom stereocenters. The molecule has 66 heavy (non-hydrogen) atoms. The first-order chi connectivity index (χ1) is 32.4. The largest absolute Gasteiger partial charge is 0.455 e. The minimum absolute atomic E-state index is 0.197. The van der Waals surface area contributed by atoms with E-state index in [9.17, 15) is 0 Å². The van der Waals surface area contributed by atoms with E-state index in [1.807, 2.05) is 24.3 Å². The summed E-state index contributed by atoms with van der Waals surface area (Å²) in [4.78, 5) is 2.37. The van der Waals surface area contributed by atoms with E-state index in [0.29, 0.717) is 0 Å². The van der Waals surface area contributed by atoms with Gasteiger partial charge in [-0.1, -0.05) is 202 Å². The van der Waals surface area contributed by atoms with Crippen LogP contribution < -0.4 is 4.90 Å². The standard InChI is InChI=1S/C63H45NO2/c1-63(2)57-40-45(23-22-42-12-4-3-5-13-42)30-38-51(57)52-39-37-50(41-58(52)63)64(48-33-26-43(27-34-48)24-31-46-14-10-18-55-53-16-6-8-20-59(53)65-61(46)55)49-35-28-44(29-36-49)25-32-47-15-11-19-56-54-17-7-9-21-60(54)66-62(47)56/h3-41H,1-2H3/b23-22+,31-24+,32-25+. The van der Waals surface area contributed by atoms with Gasteiger partial charge in [-0.25, -0.2) is 0 Å². The Kier molecular flexibility index (Phi) is 9.50. The molecule has 0 radical (unpaired) electrons. The summed E-state index contributed by atoms with van der Waals surface area (Å²) in [6.45, 7) is 4.72. The van der Waals surface area contributed by atoms with Crippen molar-refractivity contribution in [3.63, 3.8) is 0 Å². The number of benzene rings is 9. The fourth-order valence-corrected chi connectivity index (χ4v) is 9.83. The van der Waals surface area contributed by atoms with Crippen molar-refractivity contribution in [2.75, 3.05) is 4.90 Å². The summed E-state index contributed by atoms with van der Waals surface area (Å²) in [6.07, 6.45) is 13.1. The van der Waals surface area contributed by atoms with E-state index in [-0.39, 0.29) is 5.41 Å². The van der Waals surface area contributed by atoms with Crippen LogP contribution in [0.3, 0.4) is 0 Å². The maximum absolute atomic E-state index is 6.33. The fourth-order valence-electron chi connectivity index (χ4n) is 9.83. The summed E-state index contributed by atoms with van der Waals surface area (Å²) in [6, 6.07) is 71.3. The third-order valence-electron chi connectivity index (χ3n) is 13.3. The highest BCUT2D eigenvalue weighted by Crippen LogP contribution is 2.51. The molecule has 0 saturated carbocycles. The number of furan rings is 2. The number of rotatable bonds is 9. The minimum Gasteiger partial charge on any atom is -0.455 e. The lowest BCUT2D eigenvalue weighted by Gasteiger charge is -2.28. The fraction of sp³-hybridized carbons (Fsp3) is 0.0476. The summed E-state index contributed by atoms with van der Waals surface area (Å²) in [5, 5.41) is 4.53. The van der Waals surface area contributed by atoms with E-state index < -0.39 is 0 Å². The van der Waals surface area contributed by atoms with Crippen molar-refractivity contribution in [1.29, 1.82) is 0 Å². The molecule has 11 aromatic rings. The predicted octanol–water partition coefficient (Wildman–Crippen LogP) is 17.8. The molecule has 3 nitrogen and oxygen atoms in total. The Balaban J connectivity index is 0.888. The van der Waals surface area contributed by atoms with Crippen molar-refractivity contribution < 1.29 is 8.83 Å². The van der Waals surface area contributed by atoms with Gasteiger partial charge in [0.15, 0.2) is 0 Å². The number of para-hydroxylation sites is 4. The van der Waals surface area contributed by atoms with E-state index in [0.717, 1.165) is 83.2 Å². The molecule has 314 valence electrons. The summed E-state index contributed by atoms with van der Waals surface area (Å²) in [5.41, 5.74) is 18.7. The van der Waals surface area contributed by atoms with Crippen LogP contribution in [0, 0.1) is 0 Å². The first-order valence-corrected chi connectivity index (χ1v) is 22.6. The molecule has 1 aliphatic rings. The summed E-state index contributed by atoms with van der Waals surface area (Å²) in [5.74, 6) is 0. The molecule has 0 aliphatic heterocycles. The predicted molar refractivity (Wildman–Crippen MR) is 279 cm³/mol. The number of nitrogens with zero attached hydrogens (tertiary/aromatic N) is 1. The molecule has 0 saturated heterocycles. The Bertz CT molecular complexity index is 3540. The van der Waals surface area contributed by atoms with Crippen molar-refractivity contribution in [2.24, 2.45) is 0 Å². The van der Waals surface area contributed by atoms with Gasteiger partial charge in [0.2, 0.25) is 0 Å². The van der Waals surface area contributed by atoms with Crippen LogP contribution in [0.2, 0.25) is 0 Å². The van der Waals surface area contributed by atoms with E-state index in [1.165, 1.54) is 33.4 Å². The van der Waals surface area contributed by atoms with Crippen LogP contribution in [-0.4, -0.2) is 0 Å². The van der Waals surface area contributed by atoms with Crippen molar-refractivity contribution >= 4 is 97.4 Å². The maximum Gasteiger partial charge on any atom is 0.142 e. The second kappa shape index (κ2) is 16.0. The highest BCUT2D eigenvalue weighted by molar-refractivity contribution is 6.08. The van der Waals surface area contributed by atoms with E-state index in [2.05, 4.69) is 231 Å². The number of anilines is 3. The van der Waals surface area contributed by atoms with Gasteiger partial charge in [-0.3, -0.25) is 0 Å². The Morgan fingerprint density at radius 1 is 0.348 bits per heavy atom. The Morgan fingerprint density at radius 2 is 0.773 bits per heavy atom. The van der Waals surface area contributed by atoms with E-state index in [4.69, 9.17) is 8.83 Å². The molecule has 0 atom stereocenters.